The highest BCUT2D eigenvalue weighted by molar-refractivity contribution is 5.98. The molecule has 0 radical (unpaired) electrons. The molecule has 0 aliphatic rings. The van der Waals surface area contributed by atoms with Crippen LogP contribution in [0.1, 0.15) is 43.1 Å². The highest BCUT2D eigenvalue weighted by atomic mass is 16.4. The van der Waals surface area contributed by atoms with Crippen molar-refractivity contribution in [3.8, 4) is 11.1 Å². The maximum Gasteiger partial charge on any atom is 0.335 e. The molecule has 5 aromatic rings. The minimum atomic E-state index is -0.924. The standard InChI is InChI=1S/C31H32N4O2/c1-31(2,3)13-16-35(29-27-10-9-25(30(36)37)17-23(27)11-14-32-29)20-21-5-7-22(8-6-21)26-18-24-12-15-34(4)28(24)33-19-26/h5-12,14-15,17-19H,13,16,20H2,1-4H3,(H,36,37). The van der Waals surface area contributed by atoms with E-state index in [2.05, 4.69) is 67.1 Å². The van der Waals surface area contributed by atoms with Crippen molar-refractivity contribution < 1.29 is 9.90 Å². The van der Waals surface area contributed by atoms with E-state index in [1.807, 2.05) is 36.1 Å². The smallest absolute Gasteiger partial charge is 0.335 e. The van der Waals surface area contributed by atoms with E-state index in [1.54, 1.807) is 18.3 Å². The fourth-order valence-corrected chi connectivity index (χ4v) is 4.61. The molecule has 0 saturated carbocycles. The number of rotatable bonds is 7. The Morgan fingerprint density at radius 2 is 1.73 bits per heavy atom. The molecule has 5 rings (SSSR count). The van der Waals surface area contributed by atoms with Gasteiger partial charge in [-0.1, -0.05) is 45.0 Å². The Labute approximate surface area is 217 Å². The number of hydrogen-bond donors (Lipinski definition) is 1. The van der Waals surface area contributed by atoms with Gasteiger partial charge in [0.05, 0.1) is 5.56 Å². The zero-order valence-corrected chi connectivity index (χ0v) is 21.8. The molecule has 188 valence electrons. The third-order valence-electron chi connectivity index (χ3n) is 6.79. The predicted octanol–water partition coefficient (Wildman–Crippen LogP) is 6.93. The Balaban J connectivity index is 1.45. The molecule has 0 aliphatic carbocycles. The van der Waals surface area contributed by atoms with Gasteiger partial charge in [-0.15, -0.1) is 0 Å². The number of carboxylic acid groups (broad SMARTS) is 1. The zero-order valence-electron chi connectivity index (χ0n) is 21.8. The van der Waals surface area contributed by atoms with Crippen LogP contribution in [0, 0.1) is 5.41 Å². The summed E-state index contributed by atoms with van der Waals surface area (Å²) in [7, 11) is 2.01. The summed E-state index contributed by atoms with van der Waals surface area (Å²) in [6.45, 7) is 8.28. The molecule has 3 aromatic heterocycles. The van der Waals surface area contributed by atoms with Gasteiger partial charge >= 0.3 is 5.97 Å². The van der Waals surface area contributed by atoms with Crippen LogP contribution in [0.5, 0.6) is 0 Å². The lowest BCUT2D eigenvalue weighted by molar-refractivity contribution is 0.0697. The van der Waals surface area contributed by atoms with Crippen LogP contribution in [0.2, 0.25) is 0 Å². The van der Waals surface area contributed by atoms with Gasteiger partial charge in [0.1, 0.15) is 11.5 Å². The van der Waals surface area contributed by atoms with E-state index >= 15 is 0 Å². The first-order chi connectivity index (χ1) is 17.7. The Kier molecular flexibility index (Phi) is 6.42. The number of aromatic nitrogens is 3. The van der Waals surface area contributed by atoms with Crippen molar-refractivity contribution in [2.24, 2.45) is 12.5 Å². The van der Waals surface area contributed by atoms with Crippen molar-refractivity contribution in [3.05, 3.63) is 90.4 Å². The normalized spacial score (nSPS) is 11.8. The lowest BCUT2D eigenvalue weighted by Gasteiger charge is -2.29. The fraction of sp³-hybridized carbons (Fsp3) is 0.258. The Morgan fingerprint density at radius 3 is 2.46 bits per heavy atom. The largest absolute Gasteiger partial charge is 0.478 e. The maximum atomic E-state index is 11.5. The van der Waals surface area contributed by atoms with Crippen LogP contribution in [-0.2, 0) is 13.6 Å². The summed E-state index contributed by atoms with van der Waals surface area (Å²) in [5, 5.41) is 12.4. The van der Waals surface area contributed by atoms with E-state index in [1.165, 1.54) is 5.56 Å². The number of aryl methyl sites for hydroxylation is 1. The van der Waals surface area contributed by atoms with Crippen molar-refractivity contribution >= 4 is 33.6 Å². The topological polar surface area (TPSA) is 71.2 Å². The van der Waals surface area contributed by atoms with Gasteiger partial charge in [-0.25, -0.2) is 14.8 Å². The van der Waals surface area contributed by atoms with Crippen LogP contribution in [0.15, 0.2) is 79.3 Å². The van der Waals surface area contributed by atoms with Gasteiger partial charge in [0.15, 0.2) is 0 Å². The van der Waals surface area contributed by atoms with Gasteiger partial charge in [0, 0.05) is 55.1 Å². The quantitative estimate of drug-likeness (QED) is 0.267. The number of fused-ring (bicyclic) bond motifs is 2. The number of hydrogen-bond acceptors (Lipinski definition) is 4. The first-order valence-electron chi connectivity index (χ1n) is 12.6. The lowest BCUT2D eigenvalue weighted by Crippen LogP contribution is -2.28. The van der Waals surface area contributed by atoms with Crippen molar-refractivity contribution in [3.63, 3.8) is 0 Å². The van der Waals surface area contributed by atoms with Crippen molar-refractivity contribution in [1.82, 2.24) is 14.5 Å². The number of aromatic carboxylic acids is 1. The number of carboxylic acids is 1. The number of nitrogens with zero attached hydrogens (tertiary/aromatic N) is 4. The average Bonchev–Trinajstić information content (AvgIpc) is 3.25. The van der Waals surface area contributed by atoms with Crippen LogP contribution in [0.4, 0.5) is 5.82 Å². The van der Waals surface area contributed by atoms with Gasteiger partial charge in [-0.05, 0) is 64.7 Å². The number of carbonyl (C=O) groups is 1. The molecule has 0 aliphatic heterocycles. The first-order valence-corrected chi connectivity index (χ1v) is 12.6. The monoisotopic (exact) mass is 492 g/mol. The average molecular weight is 493 g/mol. The third kappa shape index (κ3) is 5.33. The number of pyridine rings is 2. The summed E-state index contributed by atoms with van der Waals surface area (Å²) in [5.74, 6) is -0.0481. The van der Waals surface area contributed by atoms with Gasteiger partial charge in [-0.3, -0.25) is 0 Å². The maximum absolute atomic E-state index is 11.5. The summed E-state index contributed by atoms with van der Waals surface area (Å²) in [4.78, 5) is 23.2. The van der Waals surface area contributed by atoms with Crippen molar-refractivity contribution in [1.29, 1.82) is 0 Å². The minimum Gasteiger partial charge on any atom is -0.478 e. The molecular weight excluding hydrogens is 460 g/mol. The van der Waals surface area contributed by atoms with E-state index in [9.17, 15) is 9.90 Å². The first kappa shape index (κ1) is 24.5. The fourth-order valence-electron chi connectivity index (χ4n) is 4.61. The van der Waals surface area contributed by atoms with E-state index in [4.69, 9.17) is 4.98 Å². The zero-order chi connectivity index (χ0) is 26.2. The van der Waals surface area contributed by atoms with E-state index in [0.29, 0.717) is 6.54 Å². The number of benzene rings is 2. The van der Waals surface area contributed by atoms with Crippen LogP contribution in [0.25, 0.3) is 32.9 Å². The van der Waals surface area contributed by atoms with Crippen LogP contribution in [-0.4, -0.2) is 32.2 Å². The minimum absolute atomic E-state index is 0.173. The molecule has 2 aromatic carbocycles. The van der Waals surface area contributed by atoms with Crippen LogP contribution < -0.4 is 4.90 Å². The van der Waals surface area contributed by atoms with Crippen LogP contribution >= 0.6 is 0 Å². The second-order valence-electron chi connectivity index (χ2n) is 10.9. The summed E-state index contributed by atoms with van der Waals surface area (Å²) in [5.41, 5.74) is 4.85. The number of anilines is 1. The molecular formula is C31H32N4O2. The summed E-state index contributed by atoms with van der Waals surface area (Å²) >= 11 is 0. The van der Waals surface area contributed by atoms with E-state index in [-0.39, 0.29) is 11.0 Å². The molecule has 0 atom stereocenters. The second kappa shape index (κ2) is 9.69. The molecule has 1 N–H and O–H groups in total. The molecule has 6 nitrogen and oxygen atoms in total. The summed E-state index contributed by atoms with van der Waals surface area (Å²) in [6, 6.07) is 20.0. The SMILES string of the molecule is Cn1ccc2cc(-c3ccc(CN(CCC(C)(C)C)c4nccc5cc(C(=O)O)ccc45)cc3)cnc21. The summed E-state index contributed by atoms with van der Waals surface area (Å²) < 4.78 is 2.03. The molecule has 0 saturated heterocycles. The predicted molar refractivity (Wildman–Crippen MR) is 150 cm³/mol. The molecule has 3 heterocycles. The molecule has 0 fully saturated rings. The second-order valence-corrected chi connectivity index (χ2v) is 10.9. The van der Waals surface area contributed by atoms with Crippen molar-refractivity contribution in [2.75, 3.05) is 11.4 Å². The molecule has 37 heavy (non-hydrogen) atoms. The Morgan fingerprint density at radius 1 is 0.946 bits per heavy atom. The van der Waals surface area contributed by atoms with E-state index < -0.39 is 5.97 Å². The van der Waals surface area contributed by atoms with Crippen molar-refractivity contribution in [2.45, 2.75) is 33.7 Å². The molecule has 0 spiro atoms. The van der Waals surface area contributed by atoms with E-state index in [0.717, 1.165) is 51.7 Å². The Bertz CT molecular complexity index is 1580. The highest BCUT2D eigenvalue weighted by Gasteiger charge is 2.18. The molecule has 0 bridgehead atoms. The van der Waals surface area contributed by atoms with Gasteiger partial charge in [-0.2, -0.15) is 0 Å². The molecule has 6 heteroatoms. The molecule has 0 amide bonds. The van der Waals surface area contributed by atoms with Gasteiger partial charge in [0.2, 0.25) is 0 Å². The van der Waals surface area contributed by atoms with Crippen LogP contribution in [0.3, 0.4) is 0 Å². The summed E-state index contributed by atoms with van der Waals surface area (Å²) in [6.07, 6.45) is 6.72. The van der Waals surface area contributed by atoms with Gasteiger partial charge < -0.3 is 14.6 Å². The highest BCUT2D eigenvalue weighted by Crippen LogP contribution is 2.30. The Hall–Kier alpha value is -4.19. The molecule has 0 unspecified atom stereocenters. The lowest BCUT2D eigenvalue weighted by atomic mass is 9.92. The third-order valence-corrected chi connectivity index (χ3v) is 6.79. The van der Waals surface area contributed by atoms with Gasteiger partial charge in [0.25, 0.3) is 0 Å².